The van der Waals surface area contributed by atoms with Crippen molar-refractivity contribution < 1.29 is 29.4 Å². The Morgan fingerprint density at radius 1 is 0.850 bits per heavy atom. The summed E-state index contributed by atoms with van der Waals surface area (Å²) in [7, 11) is 0. The van der Waals surface area contributed by atoms with Gasteiger partial charge in [-0.3, -0.25) is 19.4 Å². The number of aliphatic carboxylic acids is 1. The fourth-order valence-electron chi connectivity index (χ4n) is 3.55. The number of nitrogens with one attached hydrogen (secondary N) is 3. The normalized spacial score (nSPS) is 13.8. The average molecular weight is 600 g/mol. The molecule has 3 amide bonds. The Balaban J connectivity index is 2.92. The quantitative estimate of drug-likeness (QED) is 0.0565. The van der Waals surface area contributed by atoms with Gasteiger partial charge >= 0.3 is 5.97 Å². The van der Waals surface area contributed by atoms with E-state index in [2.05, 4.69) is 20.9 Å². The molecule has 11 N–H and O–H groups in total. The number of amides is 3. The highest BCUT2D eigenvalue weighted by Crippen LogP contribution is 2.12. The lowest BCUT2D eigenvalue weighted by Crippen LogP contribution is -2.57. The molecule has 0 saturated carbocycles. The maximum atomic E-state index is 13.2. The van der Waals surface area contributed by atoms with E-state index in [1.54, 1.807) is 12.1 Å². The van der Waals surface area contributed by atoms with E-state index in [-0.39, 0.29) is 24.6 Å². The van der Waals surface area contributed by atoms with E-state index in [9.17, 15) is 29.4 Å². The molecule has 224 valence electrons. The molecule has 15 heteroatoms. The van der Waals surface area contributed by atoms with Crippen molar-refractivity contribution in [2.24, 2.45) is 22.2 Å². The number of carbonyl (C=O) groups excluding carboxylic acids is 3. The van der Waals surface area contributed by atoms with Gasteiger partial charge in [0.25, 0.3) is 0 Å². The van der Waals surface area contributed by atoms with Crippen LogP contribution >= 0.6 is 23.5 Å². The summed E-state index contributed by atoms with van der Waals surface area (Å²) in [6.07, 6.45) is 5.01. The number of aromatic hydroxyl groups is 1. The minimum Gasteiger partial charge on any atom is -0.508 e. The molecule has 1 rings (SSSR count). The number of aliphatic imine (C=N–C) groups is 1. The van der Waals surface area contributed by atoms with E-state index in [0.29, 0.717) is 42.9 Å². The van der Waals surface area contributed by atoms with Crippen LogP contribution in [0.15, 0.2) is 29.3 Å². The summed E-state index contributed by atoms with van der Waals surface area (Å²) in [4.78, 5) is 54.7. The van der Waals surface area contributed by atoms with Gasteiger partial charge < -0.3 is 43.4 Å². The number of phenols is 1. The van der Waals surface area contributed by atoms with Crippen LogP contribution in [0.25, 0.3) is 0 Å². The number of guanidine groups is 1. The third-order valence-electron chi connectivity index (χ3n) is 5.78. The number of nitrogens with zero attached hydrogens (tertiary/aromatic N) is 1. The van der Waals surface area contributed by atoms with Crippen molar-refractivity contribution in [3.05, 3.63) is 29.8 Å². The fourth-order valence-corrected chi connectivity index (χ4v) is 4.49. The molecular formula is C25H41N7O6S2. The average Bonchev–Trinajstić information content (AvgIpc) is 2.91. The predicted octanol–water partition coefficient (Wildman–Crippen LogP) is -0.639. The van der Waals surface area contributed by atoms with Crippen LogP contribution in [-0.4, -0.2) is 94.6 Å². The molecule has 0 saturated heterocycles. The molecular weight excluding hydrogens is 558 g/mol. The van der Waals surface area contributed by atoms with Crippen molar-refractivity contribution in [1.82, 2.24) is 16.0 Å². The van der Waals surface area contributed by atoms with Gasteiger partial charge in [0.1, 0.15) is 23.9 Å². The SMILES string of the molecule is CSCCC(NC(=O)C(N)CCCN=C(N)N)C(=O)NC(CCSC)C(=O)NC(Cc1ccc(O)cc1)C(=O)O. The lowest BCUT2D eigenvalue weighted by atomic mass is 10.0. The van der Waals surface area contributed by atoms with E-state index in [1.807, 2.05) is 12.5 Å². The minimum atomic E-state index is -1.25. The van der Waals surface area contributed by atoms with Gasteiger partial charge in [-0.25, -0.2) is 4.79 Å². The molecule has 0 radical (unpaired) electrons. The Labute approximate surface area is 242 Å². The second kappa shape index (κ2) is 19.0. The Morgan fingerprint density at radius 3 is 1.82 bits per heavy atom. The van der Waals surface area contributed by atoms with Crippen molar-refractivity contribution in [1.29, 1.82) is 0 Å². The number of carboxylic acids is 1. The minimum absolute atomic E-state index is 0.0158. The molecule has 0 fully saturated rings. The van der Waals surface area contributed by atoms with Crippen molar-refractivity contribution in [3.63, 3.8) is 0 Å². The Bertz CT molecular complexity index is 992. The molecule has 13 nitrogen and oxygen atoms in total. The van der Waals surface area contributed by atoms with E-state index in [4.69, 9.17) is 17.2 Å². The van der Waals surface area contributed by atoms with Crippen molar-refractivity contribution >= 4 is 53.2 Å². The molecule has 0 aliphatic carbocycles. The number of phenolic OH excluding ortho intramolecular Hbond substituents is 1. The first kappa shape index (κ1) is 34.9. The highest BCUT2D eigenvalue weighted by Gasteiger charge is 2.30. The van der Waals surface area contributed by atoms with Crippen molar-refractivity contribution in [2.75, 3.05) is 30.6 Å². The highest BCUT2D eigenvalue weighted by molar-refractivity contribution is 7.98. The van der Waals surface area contributed by atoms with Crippen LogP contribution in [0.4, 0.5) is 0 Å². The molecule has 4 unspecified atom stereocenters. The van der Waals surface area contributed by atoms with Gasteiger partial charge in [-0.15, -0.1) is 0 Å². The molecule has 1 aromatic carbocycles. The zero-order chi connectivity index (χ0) is 30.1. The monoisotopic (exact) mass is 599 g/mol. The van der Waals surface area contributed by atoms with Crippen LogP contribution in [0.5, 0.6) is 5.75 Å². The summed E-state index contributed by atoms with van der Waals surface area (Å²) in [5.74, 6) is -1.91. The molecule has 4 atom stereocenters. The van der Waals surface area contributed by atoms with Gasteiger partial charge in [0.2, 0.25) is 17.7 Å². The first-order chi connectivity index (χ1) is 19.0. The number of nitrogens with two attached hydrogens (primary N) is 3. The topological polar surface area (TPSA) is 235 Å². The fraction of sp³-hybridized carbons (Fsp3) is 0.560. The number of rotatable bonds is 19. The summed E-state index contributed by atoms with van der Waals surface area (Å²) >= 11 is 2.96. The Morgan fingerprint density at radius 2 is 1.35 bits per heavy atom. The predicted molar refractivity (Wildman–Crippen MR) is 159 cm³/mol. The standard InChI is InChI=1S/C25H41N7O6S2/c1-39-12-9-18(30-21(34)17(26)4-3-11-29-25(27)28)22(35)31-19(10-13-40-2)23(36)32-20(24(37)38)14-15-5-7-16(33)8-6-15/h5-8,17-20,33H,3-4,9-14,26H2,1-2H3,(H,30,34)(H,31,35)(H,32,36)(H,37,38)(H4,27,28,29). The molecule has 0 heterocycles. The summed E-state index contributed by atoms with van der Waals surface area (Å²) in [5, 5.41) is 27.0. The van der Waals surface area contributed by atoms with Gasteiger partial charge in [-0.05, 0) is 67.4 Å². The smallest absolute Gasteiger partial charge is 0.326 e. The molecule has 0 spiro atoms. The first-order valence-corrected chi connectivity index (χ1v) is 15.5. The third-order valence-corrected chi connectivity index (χ3v) is 7.07. The summed E-state index contributed by atoms with van der Waals surface area (Å²) in [6, 6.07) is 1.88. The van der Waals surface area contributed by atoms with Crippen molar-refractivity contribution in [3.8, 4) is 5.75 Å². The van der Waals surface area contributed by atoms with Gasteiger partial charge in [-0.1, -0.05) is 12.1 Å². The molecule has 0 aliphatic heterocycles. The first-order valence-electron chi connectivity index (χ1n) is 12.7. The van der Waals surface area contributed by atoms with E-state index >= 15 is 0 Å². The molecule has 0 aromatic heterocycles. The van der Waals surface area contributed by atoms with Crippen molar-refractivity contribution in [2.45, 2.75) is 56.3 Å². The summed E-state index contributed by atoms with van der Waals surface area (Å²) < 4.78 is 0. The number of benzene rings is 1. The Hall–Kier alpha value is -3.17. The summed E-state index contributed by atoms with van der Waals surface area (Å²) in [5.41, 5.74) is 17.2. The zero-order valence-corrected chi connectivity index (χ0v) is 24.4. The maximum absolute atomic E-state index is 13.2. The second-order valence-corrected chi connectivity index (χ2v) is 11.0. The number of carboxylic acid groups (broad SMARTS) is 1. The molecule has 0 bridgehead atoms. The van der Waals surface area contributed by atoms with Crippen LogP contribution in [0.2, 0.25) is 0 Å². The van der Waals surface area contributed by atoms with Crippen LogP contribution in [-0.2, 0) is 25.6 Å². The van der Waals surface area contributed by atoms with E-state index in [0.717, 1.165) is 0 Å². The summed E-state index contributed by atoms with van der Waals surface area (Å²) in [6.45, 7) is 0.315. The Kier molecular flexibility index (Phi) is 16.6. The van der Waals surface area contributed by atoms with Gasteiger partial charge in [0, 0.05) is 13.0 Å². The maximum Gasteiger partial charge on any atom is 0.326 e. The lowest BCUT2D eigenvalue weighted by molar-refractivity contribution is -0.142. The number of carbonyl (C=O) groups is 4. The molecule has 1 aromatic rings. The molecule has 0 aliphatic rings. The third kappa shape index (κ3) is 13.8. The van der Waals surface area contributed by atoms with Gasteiger partial charge in [0.15, 0.2) is 5.96 Å². The largest absolute Gasteiger partial charge is 0.508 e. The van der Waals surface area contributed by atoms with Crippen LogP contribution in [0.1, 0.15) is 31.2 Å². The molecule has 40 heavy (non-hydrogen) atoms. The van der Waals surface area contributed by atoms with E-state index in [1.165, 1.54) is 35.7 Å². The van der Waals surface area contributed by atoms with Gasteiger partial charge in [0.05, 0.1) is 6.04 Å². The number of hydrogen-bond donors (Lipinski definition) is 8. The second-order valence-electron chi connectivity index (χ2n) is 9.01. The van der Waals surface area contributed by atoms with E-state index < -0.39 is 47.9 Å². The highest BCUT2D eigenvalue weighted by atomic mass is 32.2. The lowest BCUT2D eigenvalue weighted by Gasteiger charge is -2.25. The number of thioether (sulfide) groups is 2. The van der Waals surface area contributed by atoms with Crippen LogP contribution < -0.4 is 33.2 Å². The van der Waals surface area contributed by atoms with Crippen LogP contribution in [0.3, 0.4) is 0 Å². The zero-order valence-electron chi connectivity index (χ0n) is 22.8. The van der Waals surface area contributed by atoms with Gasteiger partial charge in [-0.2, -0.15) is 23.5 Å². The van der Waals surface area contributed by atoms with Crippen LogP contribution in [0, 0.1) is 0 Å². The number of hydrogen-bond acceptors (Lipinski definition) is 9.